The number of halogens is 1. The molecule has 1 N–H and O–H groups in total. The van der Waals surface area contributed by atoms with Gasteiger partial charge in [-0.1, -0.05) is 19.3 Å². The quantitative estimate of drug-likeness (QED) is 0.879. The van der Waals surface area contributed by atoms with Crippen LogP contribution in [0.1, 0.15) is 39.0 Å². The Morgan fingerprint density at radius 2 is 1.84 bits per heavy atom. The van der Waals surface area contributed by atoms with E-state index in [1.807, 2.05) is 0 Å². The zero-order chi connectivity index (χ0) is 13.7. The molecule has 2 nitrogen and oxygen atoms in total. The molecule has 1 aromatic carbocycles. The van der Waals surface area contributed by atoms with E-state index in [9.17, 15) is 9.50 Å². The van der Waals surface area contributed by atoms with Gasteiger partial charge in [0, 0.05) is 18.8 Å². The first-order chi connectivity index (χ1) is 9.20. The van der Waals surface area contributed by atoms with Gasteiger partial charge in [0.2, 0.25) is 0 Å². The highest BCUT2D eigenvalue weighted by atomic mass is 19.1. The Morgan fingerprint density at radius 3 is 2.42 bits per heavy atom. The molecule has 106 valence electrons. The molecular weight excluding hydrogens is 241 g/mol. The van der Waals surface area contributed by atoms with E-state index in [1.165, 1.54) is 31.4 Å². The molecule has 0 amide bonds. The van der Waals surface area contributed by atoms with Gasteiger partial charge < -0.3 is 10.0 Å². The maximum atomic E-state index is 12.9. The Hall–Kier alpha value is -1.09. The summed E-state index contributed by atoms with van der Waals surface area (Å²) in [5, 5.41) is 10.4. The van der Waals surface area contributed by atoms with Crippen LogP contribution in [0.2, 0.25) is 0 Å². The molecule has 0 aliphatic heterocycles. The molecule has 0 bridgehead atoms. The van der Waals surface area contributed by atoms with Gasteiger partial charge in [0.15, 0.2) is 0 Å². The molecular formula is C16H24FNO. The van der Waals surface area contributed by atoms with Crippen molar-refractivity contribution in [3.05, 3.63) is 30.1 Å². The smallest absolute Gasteiger partial charge is 0.123 e. The molecule has 1 unspecified atom stereocenters. The van der Waals surface area contributed by atoms with Crippen LogP contribution in [0, 0.1) is 11.7 Å². The third kappa shape index (κ3) is 3.93. The summed E-state index contributed by atoms with van der Waals surface area (Å²) in [6.07, 6.45) is 5.79. The fourth-order valence-corrected chi connectivity index (χ4v) is 2.96. The van der Waals surface area contributed by atoms with Crippen molar-refractivity contribution in [2.45, 2.75) is 45.1 Å². The molecule has 0 spiro atoms. The summed E-state index contributed by atoms with van der Waals surface area (Å²) in [7, 11) is 0. The van der Waals surface area contributed by atoms with Crippen molar-refractivity contribution < 1.29 is 9.50 Å². The van der Waals surface area contributed by atoms with E-state index in [-0.39, 0.29) is 11.9 Å². The lowest BCUT2D eigenvalue weighted by atomic mass is 9.85. The predicted molar refractivity (Wildman–Crippen MR) is 76.9 cm³/mol. The molecule has 1 atom stereocenters. The van der Waals surface area contributed by atoms with Crippen LogP contribution in [0.5, 0.6) is 0 Å². The van der Waals surface area contributed by atoms with Gasteiger partial charge in [0.25, 0.3) is 0 Å². The summed E-state index contributed by atoms with van der Waals surface area (Å²) in [5.41, 5.74) is 0.985. The van der Waals surface area contributed by atoms with Crippen molar-refractivity contribution in [3.63, 3.8) is 0 Å². The standard InChI is InChI=1S/C16H24FNO/c1-2-18(15-10-8-14(17)9-11-15)12-16(19)13-6-4-3-5-7-13/h8-11,13,16,19H,2-7,12H2,1H3. The van der Waals surface area contributed by atoms with E-state index in [0.717, 1.165) is 25.1 Å². The number of hydrogen-bond acceptors (Lipinski definition) is 2. The van der Waals surface area contributed by atoms with Crippen LogP contribution in [-0.4, -0.2) is 24.3 Å². The first-order valence-electron chi connectivity index (χ1n) is 7.39. The molecule has 1 saturated carbocycles. The van der Waals surface area contributed by atoms with Gasteiger partial charge in [-0.05, 0) is 49.9 Å². The van der Waals surface area contributed by atoms with E-state index in [1.54, 1.807) is 12.1 Å². The van der Waals surface area contributed by atoms with Crippen LogP contribution < -0.4 is 4.90 Å². The van der Waals surface area contributed by atoms with Gasteiger partial charge in [-0.3, -0.25) is 0 Å². The predicted octanol–water partition coefficient (Wildman–Crippen LogP) is 3.59. The number of anilines is 1. The van der Waals surface area contributed by atoms with E-state index in [2.05, 4.69) is 11.8 Å². The fourth-order valence-electron chi connectivity index (χ4n) is 2.96. The van der Waals surface area contributed by atoms with Crippen molar-refractivity contribution in [2.75, 3.05) is 18.0 Å². The van der Waals surface area contributed by atoms with Gasteiger partial charge >= 0.3 is 0 Å². The second-order valence-corrected chi connectivity index (χ2v) is 5.48. The van der Waals surface area contributed by atoms with Gasteiger partial charge in [-0.2, -0.15) is 0 Å². The van der Waals surface area contributed by atoms with Gasteiger partial charge in [0.1, 0.15) is 5.82 Å². The minimum absolute atomic E-state index is 0.215. The summed E-state index contributed by atoms with van der Waals surface area (Å²) in [6, 6.07) is 6.52. The van der Waals surface area contributed by atoms with Crippen LogP contribution in [0.3, 0.4) is 0 Å². The summed E-state index contributed by atoms with van der Waals surface area (Å²) in [5.74, 6) is 0.218. The van der Waals surface area contributed by atoms with Crippen molar-refractivity contribution in [2.24, 2.45) is 5.92 Å². The summed E-state index contributed by atoms with van der Waals surface area (Å²) >= 11 is 0. The minimum Gasteiger partial charge on any atom is -0.391 e. The fraction of sp³-hybridized carbons (Fsp3) is 0.625. The van der Waals surface area contributed by atoms with Gasteiger partial charge in [-0.15, -0.1) is 0 Å². The molecule has 1 aromatic rings. The second-order valence-electron chi connectivity index (χ2n) is 5.48. The first kappa shape index (κ1) is 14.3. The number of benzene rings is 1. The number of likely N-dealkylation sites (N-methyl/N-ethyl adjacent to an activating group) is 1. The molecule has 0 radical (unpaired) electrons. The monoisotopic (exact) mass is 265 g/mol. The number of aliphatic hydroxyl groups excluding tert-OH is 1. The molecule has 0 aromatic heterocycles. The molecule has 1 aliphatic rings. The Morgan fingerprint density at radius 1 is 1.21 bits per heavy atom. The molecule has 0 saturated heterocycles. The third-order valence-electron chi connectivity index (χ3n) is 4.17. The Bertz CT molecular complexity index is 373. The molecule has 3 heteroatoms. The topological polar surface area (TPSA) is 23.5 Å². The number of nitrogens with zero attached hydrogens (tertiary/aromatic N) is 1. The lowest BCUT2D eigenvalue weighted by molar-refractivity contribution is 0.0902. The van der Waals surface area contributed by atoms with Crippen molar-refractivity contribution in [3.8, 4) is 0 Å². The first-order valence-corrected chi connectivity index (χ1v) is 7.39. The molecule has 2 rings (SSSR count). The SMILES string of the molecule is CCN(CC(O)C1CCCCC1)c1ccc(F)cc1. The Kier molecular flexibility index (Phi) is 5.20. The number of aliphatic hydroxyl groups is 1. The number of rotatable bonds is 5. The van der Waals surface area contributed by atoms with Crippen molar-refractivity contribution >= 4 is 5.69 Å². The normalized spacial score (nSPS) is 18.3. The number of hydrogen-bond donors (Lipinski definition) is 1. The van der Waals surface area contributed by atoms with Crippen LogP contribution in [0.4, 0.5) is 10.1 Å². The Balaban J connectivity index is 1.96. The van der Waals surface area contributed by atoms with Gasteiger partial charge in [-0.25, -0.2) is 4.39 Å². The average molecular weight is 265 g/mol. The Labute approximate surface area is 115 Å². The highest BCUT2D eigenvalue weighted by Crippen LogP contribution is 2.27. The maximum absolute atomic E-state index is 12.9. The van der Waals surface area contributed by atoms with Crippen molar-refractivity contribution in [1.82, 2.24) is 0 Å². The molecule has 1 fully saturated rings. The highest BCUT2D eigenvalue weighted by Gasteiger charge is 2.23. The van der Waals surface area contributed by atoms with Crippen LogP contribution >= 0.6 is 0 Å². The van der Waals surface area contributed by atoms with Crippen molar-refractivity contribution in [1.29, 1.82) is 0 Å². The summed E-state index contributed by atoms with van der Waals surface area (Å²) in [4.78, 5) is 2.12. The minimum atomic E-state index is -0.273. The lowest BCUT2D eigenvalue weighted by Gasteiger charge is -2.32. The average Bonchev–Trinajstić information content (AvgIpc) is 2.46. The van der Waals surface area contributed by atoms with Crippen LogP contribution in [0.15, 0.2) is 24.3 Å². The van der Waals surface area contributed by atoms with Gasteiger partial charge in [0.05, 0.1) is 6.10 Å². The summed E-state index contributed by atoms with van der Waals surface area (Å²) in [6.45, 7) is 3.54. The second kappa shape index (κ2) is 6.90. The molecule has 19 heavy (non-hydrogen) atoms. The third-order valence-corrected chi connectivity index (χ3v) is 4.17. The molecule has 0 heterocycles. The zero-order valence-corrected chi connectivity index (χ0v) is 11.7. The van der Waals surface area contributed by atoms with Crippen LogP contribution in [0.25, 0.3) is 0 Å². The maximum Gasteiger partial charge on any atom is 0.123 e. The van der Waals surface area contributed by atoms with E-state index >= 15 is 0 Å². The van der Waals surface area contributed by atoms with E-state index in [0.29, 0.717) is 12.5 Å². The largest absolute Gasteiger partial charge is 0.391 e. The summed E-state index contributed by atoms with van der Waals surface area (Å²) < 4.78 is 12.9. The zero-order valence-electron chi connectivity index (χ0n) is 11.7. The lowest BCUT2D eigenvalue weighted by Crippen LogP contribution is -2.37. The van der Waals surface area contributed by atoms with E-state index < -0.39 is 0 Å². The van der Waals surface area contributed by atoms with Crippen LogP contribution in [-0.2, 0) is 0 Å². The molecule has 1 aliphatic carbocycles. The van der Waals surface area contributed by atoms with E-state index in [4.69, 9.17) is 0 Å². The highest BCUT2D eigenvalue weighted by molar-refractivity contribution is 5.46.